The van der Waals surface area contributed by atoms with Crippen LogP contribution < -0.4 is 0 Å². The van der Waals surface area contributed by atoms with E-state index in [0.717, 1.165) is 23.9 Å². The van der Waals surface area contributed by atoms with Crippen LogP contribution in [0.25, 0.3) is 10.9 Å². The van der Waals surface area contributed by atoms with Gasteiger partial charge in [0.25, 0.3) is 0 Å². The number of nitrogens with zero attached hydrogens (tertiary/aromatic N) is 3. The monoisotopic (exact) mass is 483 g/mol. The maximum absolute atomic E-state index is 12.5. The molecule has 0 unspecified atom stereocenters. The smallest absolute Gasteiger partial charge is 0.339 e. The van der Waals surface area contributed by atoms with Gasteiger partial charge in [-0.1, -0.05) is 12.1 Å². The molecule has 5 rings (SSSR count). The van der Waals surface area contributed by atoms with Crippen molar-refractivity contribution in [3.63, 3.8) is 0 Å². The molecule has 2 aliphatic rings. The third kappa shape index (κ3) is 3.30. The standard InChI is InChI=1S/C24H26BrN3O3/c1-27-13-17-8-21-24(30-3,19-5-4-6-20(27)22(17)19)9-15(12-28(21)2)14-31-23(29)16-7-18(25)11-26-10-16/h4-7,10-11,13,15,21H,8-9,12,14H2,1-3H3/t15-,21+,24+/m0/s1. The summed E-state index contributed by atoms with van der Waals surface area (Å²) in [4.78, 5) is 19.0. The Morgan fingerprint density at radius 1 is 1.32 bits per heavy atom. The highest BCUT2D eigenvalue weighted by molar-refractivity contribution is 9.10. The largest absolute Gasteiger partial charge is 0.462 e. The van der Waals surface area contributed by atoms with E-state index in [1.165, 1.54) is 28.2 Å². The third-order valence-electron chi connectivity index (χ3n) is 6.93. The van der Waals surface area contributed by atoms with Gasteiger partial charge in [0.2, 0.25) is 0 Å². The summed E-state index contributed by atoms with van der Waals surface area (Å²) in [6, 6.07) is 8.47. The molecular formula is C24H26BrN3O3. The van der Waals surface area contributed by atoms with Crippen molar-refractivity contribution in [3.05, 3.63) is 64.0 Å². The van der Waals surface area contributed by atoms with Gasteiger partial charge in [-0.3, -0.25) is 9.88 Å². The van der Waals surface area contributed by atoms with Crippen LogP contribution in [0.15, 0.2) is 47.3 Å². The molecule has 1 saturated heterocycles. The topological polar surface area (TPSA) is 56.6 Å². The van der Waals surface area contributed by atoms with Gasteiger partial charge < -0.3 is 14.0 Å². The number of benzene rings is 1. The Kier molecular flexibility index (Phi) is 5.15. The van der Waals surface area contributed by atoms with Gasteiger partial charge in [0.15, 0.2) is 0 Å². The fraction of sp³-hybridized carbons (Fsp3) is 0.417. The minimum absolute atomic E-state index is 0.172. The van der Waals surface area contributed by atoms with Crippen molar-refractivity contribution >= 4 is 32.8 Å². The predicted octanol–water partition coefficient (Wildman–Crippen LogP) is 3.91. The van der Waals surface area contributed by atoms with E-state index in [1.54, 1.807) is 12.3 Å². The Morgan fingerprint density at radius 2 is 2.16 bits per heavy atom. The van der Waals surface area contributed by atoms with Crippen molar-refractivity contribution in [2.45, 2.75) is 24.5 Å². The van der Waals surface area contributed by atoms with Crippen molar-refractivity contribution in [2.75, 3.05) is 27.3 Å². The summed E-state index contributed by atoms with van der Waals surface area (Å²) in [6.45, 7) is 1.21. The summed E-state index contributed by atoms with van der Waals surface area (Å²) < 4.78 is 15.0. The first-order valence-corrected chi connectivity index (χ1v) is 11.3. The zero-order valence-electron chi connectivity index (χ0n) is 18.0. The van der Waals surface area contributed by atoms with Gasteiger partial charge in [0, 0.05) is 66.6 Å². The predicted molar refractivity (Wildman–Crippen MR) is 122 cm³/mol. The molecular weight excluding hydrogens is 458 g/mol. The van der Waals surface area contributed by atoms with Crippen LogP contribution in [-0.4, -0.2) is 53.8 Å². The SMILES string of the molecule is CO[C@@]12C[C@H](COC(=O)c3cncc(Br)c3)CN(C)[C@@H]1Cc1cn(C)c3cccc2c13. The Hall–Kier alpha value is -2.22. The van der Waals surface area contributed by atoms with Crippen molar-refractivity contribution in [2.24, 2.45) is 13.0 Å². The molecule has 6 nitrogen and oxygen atoms in total. The number of piperidine rings is 1. The first-order valence-electron chi connectivity index (χ1n) is 10.5. The van der Waals surface area contributed by atoms with Gasteiger partial charge in [-0.15, -0.1) is 0 Å². The van der Waals surface area contributed by atoms with Crippen LogP contribution in [0.3, 0.4) is 0 Å². The van der Waals surface area contributed by atoms with E-state index in [1.807, 2.05) is 7.11 Å². The summed E-state index contributed by atoms with van der Waals surface area (Å²) in [5, 5.41) is 1.31. The average Bonchev–Trinajstić information content (AvgIpc) is 3.09. The molecule has 1 aliphatic heterocycles. The number of rotatable bonds is 4. The fourth-order valence-corrected chi connectivity index (χ4v) is 5.99. The number of ether oxygens (including phenoxy) is 2. The van der Waals surface area contributed by atoms with Crippen LogP contribution in [0.5, 0.6) is 0 Å². The third-order valence-corrected chi connectivity index (χ3v) is 7.36. The molecule has 0 bridgehead atoms. The van der Waals surface area contributed by atoms with Crippen LogP contribution in [-0.2, 0) is 28.5 Å². The second-order valence-electron chi connectivity index (χ2n) is 8.78. The van der Waals surface area contributed by atoms with Crippen LogP contribution in [0.2, 0.25) is 0 Å². The summed E-state index contributed by atoms with van der Waals surface area (Å²) in [5.41, 5.74) is 3.90. The molecule has 1 aromatic carbocycles. The number of hydrogen-bond donors (Lipinski definition) is 0. The second kappa shape index (κ2) is 7.73. The number of aromatic nitrogens is 2. The van der Waals surface area contributed by atoms with Gasteiger partial charge in [0.05, 0.1) is 12.2 Å². The number of hydrogen-bond acceptors (Lipinski definition) is 5. The van der Waals surface area contributed by atoms with Crippen LogP contribution in [0.4, 0.5) is 0 Å². The number of pyridine rings is 1. The fourth-order valence-electron chi connectivity index (χ4n) is 5.63. The Labute approximate surface area is 190 Å². The quantitative estimate of drug-likeness (QED) is 0.526. The summed E-state index contributed by atoms with van der Waals surface area (Å²) >= 11 is 3.35. The molecule has 3 heterocycles. The Morgan fingerprint density at radius 3 is 2.94 bits per heavy atom. The summed E-state index contributed by atoms with van der Waals surface area (Å²) in [7, 11) is 6.07. The molecule has 1 aliphatic carbocycles. The molecule has 0 N–H and O–H groups in total. The molecule has 0 amide bonds. The number of carbonyl (C=O) groups excluding carboxylic acids is 1. The van der Waals surface area contributed by atoms with E-state index in [-0.39, 0.29) is 17.9 Å². The van der Waals surface area contributed by atoms with Crippen molar-refractivity contribution in [1.82, 2.24) is 14.5 Å². The number of esters is 1. The first kappa shape index (κ1) is 20.7. The van der Waals surface area contributed by atoms with Crippen LogP contribution in [0.1, 0.15) is 27.9 Å². The second-order valence-corrected chi connectivity index (χ2v) is 9.69. The number of likely N-dealkylation sites (N-methyl/N-ethyl adjacent to an activating group) is 1. The highest BCUT2D eigenvalue weighted by atomic mass is 79.9. The van der Waals surface area contributed by atoms with Gasteiger partial charge >= 0.3 is 5.97 Å². The Balaban J connectivity index is 1.44. The lowest BCUT2D eigenvalue weighted by Gasteiger charge is -2.53. The van der Waals surface area contributed by atoms with E-state index in [4.69, 9.17) is 9.47 Å². The number of aryl methyl sites for hydroxylation is 1. The number of likely N-dealkylation sites (tertiary alicyclic amines) is 1. The van der Waals surface area contributed by atoms with Gasteiger partial charge in [-0.05, 0) is 59.1 Å². The van der Waals surface area contributed by atoms with Crippen LogP contribution >= 0.6 is 15.9 Å². The lowest BCUT2D eigenvalue weighted by Crippen LogP contribution is -2.59. The van der Waals surface area contributed by atoms with E-state index < -0.39 is 5.60 Å². The molecule has 0 saturated carbocycles. The minimum atomic E-state index is -0.421. The molecule has 1 fully saturated rings. The minimum Gasteiger partial charge on any atom is -0.462 e. The highest BCUT2D eigenvalue weighted by Crippen LogP contribution is 2.49. The first-order chi connectivity index (χ1) is 14.9. The lowest BCUT2D eigenvalue weighted by atomic mass is 9.69. The number of methoxy groups -OCH3 is 1. The van der Waals surface area contributed by atoms with Gasteiger partial charge in [0.1, 0.15) is 5.60 Å². The van der Waals surface area contributed by atoms with E-state index in [2.05, 4.69) is 68.9 Å². The maximum Gasteiger partial charge on any atom is 0.339 e. The normalized spacial score (nSPS) is 25.4. The van der Waals surface area contributed by atoms with Gasteiger partial charge in [-0.2, -0.15) is 0 Å². The van der Waals surface area contributed by atoms with Crippen molar-refractivity contribution in [1.29, 1.82) is 0 Å². The van der Waals surface area contributed by atoms with E-state index in [0.29, 0.717) is 12.2 Å². The molecule has 3 aromatic rings. The zero-order valence-corrected chi connectivity index (χ0v) is 19.6. The number of halogens is 1. The molecule has 2 aromatic heterocycles. The molecule has 3 atom stereocenters. The van der Waals surface area contributed by atoms with E-state index >= 15 is 0 Å². The van der Waals surface area contributed by atoms with Crippen molar-refractivity contribution < 1.29 is 14.3 Å². The summed E-state index contributed by atoms with van der Waals surface area (Å²) in [6.07, 6.45) is 7.20. The van der Waals surface area contributed by atoms with Crippen LogP contribution in [0, 0.1) is 5.92 Å². The molecule has 7 heteroatoms. The molecule has 31 heavy (non-hydrogen) atoms. The molecule has 0 radical (unpaired) electrons. The number of carbonyl (C=O) groups is 1. The van der Waals surface area contributed by atoms with Crippen molar-refractivity contribution in [3.8, 4) is 0 Å². The number of fused-ring (bicyclic) bond motifs is 2. The summed E-state index contributed by atoms with van der Waals surface area (Å²) in [5.74, 6) is -0.174. The molecule has 0 spiro atoms. The Bertz CT molecular complexity index is 1160. The highest BCUT2D eigenvalue weighted by Gasteiger charge is 2.51. The van der Waals surface area contributed by atoms with Gasteiger partial charge in [-0.25, -0.2) is 4.79 Å². The van der Waals surface area contributed by atoms with E-state index in [9.17, 15) is 4.79 Å². The zero-order chi connectivity index (χ0) is 21.8. The molecule has 162 valence electrons. The lowest BCUT2D eigenvalue weighted by molar-refractivity contribution is -0.131. The average molecular weight is 484 g/mol. The maximum atomic E-state index is 12.5.